The fraction of sp³-hybridized carbons (Fsp3) is 0.381. The summed E-state index contributed by atoms with van der Waals surface area (Å²) in [6.45, 7) is 6.26. The predicted molar refractivity (Wildman–Crippen MR) is 98.1 cm³/mol. The quantitative estimate of drug-likeness (QED) is 0.866. The lowest BCUT2D eigenvalue weighted by atomic mass is 9.83. The third-order valence-corrected chi connectivity index (χ3v) is 5.24. The molecule has 3 nitrogen and oxygen atoms in total. The van der Waals surface area contributed by atoms with Crippen molar-refractivity contribution in [3.8, 4) is 0 Å². The van der Waals surface area contributed by atoms with Crippen LogP contribution >= 0.6 is 0 Å². The molecule has 2 bridgehead atoms. The van der Waals surface area contributed by atoms with Crippen LogP contribution in [0.25, 0.3) is 6.08 Å². The lowest BCUT2D eigenvalue weighted by molar-refractivity contribution is 0.129. The van der Waals surface area contributed by atoms with Crippen LogP contribution in [0.1, 0.15) is 30.5 Å². The van der Waals surface area contributed by atoms with Crippen molar-refractivity contribution in [2.45, 2.75) is 25.8 Å². The highest BCUT2D eigenvalue weighted by Gasteiger charge is 2.34. The van der Waals surface area contributed by atoms with Gasteiger partial charge in [-0.25, -0.2) is 0 Å². The van der Waals surface area contributed by atoms with E-state index in [0.717, 1.165) is 26.2 Å². The summed E-state index contributed by atoms with van der Waals surface area (Å²) in [4.78, 5) is 14.7. The Balaban J connectivity index is 1.50. The number of likely N-dealkylation sites (tertiary alicyclic amines) is 1. The fourth-order valence-electron chi connectivity index (χ4n) is 4.36. The van der Waals surface area contributed by atoms with Crippen molar-refractivity contribution >= 4 is 6.08 Å². The number of rotatable bonds is 3. The highest BCUT2D eigenvalue weighted by molar-refractivity contribution is 5.52. The molecule has 2 aliphatic rings. The van der Waals surface area contributed by atoms with E-state index in [-0.39, 0.29) is 5.56 Å². The summed E-state index contributed by atoms with van der Waals surface area (Å²) in [5, 5.41) is 0. The van der Waals surface area contributed by atoms with Crippen LogP contribution in [0.2, 0.25) is 0 Å². The second-order valence-corrected chi connectivity index (χ2v) is 7.29. The summed E-state index contributed by atoms with van der Waals surface area (Å²) in [5.74, 6) is 1.09. The Morgan fingerprint density at radius 3 is 2.75 bits per heavy atom. The van der Waals surface area contributed by atoms with Crippen molar-refractivity contribution in [1.29, 1.82) is 0 Å². The molecule has 1 aromatic carbocycles. The summed E-state index contributed by atoms with van der Waals surface area (Å²) < 4.78 is 2.00. The normalized spacial score (nSPS) is 23.8. The number of aromatic nitrogens is 1. The molecule has 0 saturated carbocycles. The van der Waals surface area contributed by atoms with Crippen LogP contribution < -0.4 is 5.56 Å². The Bertz CT molecular complexity index is 806. The number of benzene rings is 1. The van der Waals surface area contributed by atoms with Crippen molar-refractivity contribution < 1.29 is 0 Å². The Labute approximate surface area is 143 Å². The van der Waals surface area contributed by atoms with Crippen molar-refractivity contribution in [3.63, 3.8) is 0 Å². The minimum Gasteiger partial charge on any atom is -0.312 e. The highest BCUT2D eigenvalue weighted by Crippen LogP contribution is 2.35. The van der Waals surface area contributed by atoms with E-state index in [4.69, 9.17) is 0 Å². The number of piperidine rings is 1. The van der Waals surface area contributed by atoms with Crippen molar-refractivity contribution in [2.75, 3.05) is 19.6 Å². The van der Waals surface area contributed by atoms with Gasteiger partial charge in [0.25, 0.3) is 5.56 Å². The molecule has 2 aromatic rings. The predicted octanol–water partition coefficient (Wildman–Crippen LogP) is 3.37. The topological polar surface area (TPSA) is 25.2 Å². The van der Waals surface area contributed by atoms with Gasteiger partial charge in [-0.2, -0.15) is 0 Å². The van der Waals surface area contributed by atoms with Gasteiger partial charge in [-0.1, -0.05) is 48.0 Å². The van der Waals surface area contributed by atoms with E-state index in [0.29, 0.717) is 11.8 Å². The van der Waals surface area contributed by atoms with Gasteiger partial charge in [-0.3, -0.25) is 9.69 Å². The molecule has 0 unspecified atom stereocenters. The van der Waals surface area contributed by atoms with Crippen LogP contribution in [0.15, 0.2) is 58.9 Å². The average Bonchev–Trinajstić information content (AvgIpc) is 2.56. The summed E-state index contributed by atoms with van der Waals surface area (Å²) in [6, 6.07) is 16.3. The second kappa shape index (κ2) is 6.40. The van der Waals surface area contributed by atoms with Gasteiger partial charge in [0.05, 0.1) is 0 Å². The van der Waals surface area contributed by atoms with Crippen LogP contribution in [0.5, 0.6) is 0 Å². The number of hydrogen-bond donors (Lipinski definition) is 0. The molecule has 1 fully saturated rings. The lowest BCUT2D eigenvalue weighted by Crippen LogP contribution is -2.47. The molecule has 24 heavy (non-hydrogen) atoms. The Morgan fingerprint density at radius 1 is 1.08 bits per heavy atom. The van der Waals surface area contributed by atoms with Gasteiger partial charge >= 0.3 is 0 Å². The van der Waals surface area contributed by atoms with Gasteiger partial charge in [-0.15, -0.1) is 0 Å². The largest absolute Gasteiger partial charge is 0.312 e. The first-order chi connectivity index (χ1) is 11.7. The standard InChI is InChI=1S/C21H24N2O/c1-16(10-17-6-3-2-4-7-17)12-22-13-18-11-19(15-22)20-8-5-9-21(24)23(20)14-18/h2-10,18-19H,11-15H2,1H3/t18-,19+/m0/s1. The van der Waals surface area contributed by atoms with Crippen molar-refractivity contribution in [2.24, 2.45) is 5.92 Å². The molecule has 4 rings (SSSR count). The first kappa shape index (κ1) is 15.4. The molecule has 2 aliphatic heterocycles. The molecular weight excluding hydrogens is 296 g/mol. The van der Waals surface area contributed by atoms with E-state index in [2.05, 4.69) is 54.3 Å². The van der Waals surface area contributed by atoms with Gasteiger partial charge in [0.15, 0.2) is 0 Å². The molecule has 2 atom stereocenters. The minimum absolute atomic E-state index is 0.163. The maximum atomic E-state index is 12.1. The zero-order chi connectivity index (χ0) is 16.5. The van der Waals surface area contributed by atoms with E-state index in [1.54, 1.807) is 6.07 Å². The number of fused-ring (bicyclic) bond motifs is 4. The van der Waals surface area contributed by atoms with E-state index in [1.165, 1.54) is 23.3 Å². The summed E-state index contributed by atoms with van der Waals surface area (Å²) in [5.41, 5.74) is 4.06. The van der Waals surface area contributed by atoms with Gasteiger partial charge in [-0.05, 0) is 30.9 Å². The Morgan fingerprint density at radius 2 is 1.92 bits per heavy atom. The molecular formula is C21H24N2O. The Kier molecular flexibility index (Phi) is 4.11. The molecule has 0 aliphatic carbocycles. The van der Waals surface area contributed by atoms with Gasteiger partial charge in [0.1, 0.15) is 0 Å². The van der Waals surface area contributed by atoms with E-state index < -0.39 is 0 Å². The molecule has 124 valence electrons. The maximum Gasteiger partial charge on any atom is 0.250 e. The monoisotopic (exact) mass is 320 g/mol. The zero-order valence-corrected chi connectivity index (χ0v) is 14.2. The molecule has 0 radical (unpaired) electrons. The molecule has 1 saturated heterocycles. The van der Waals surface area contributed by atoms with Crippen LogP contribution in [0.4, 0.5) is 0 Å². The number of pyridine rings is 1. The van der Waals surface area contributed by atoms with Crippen LogP contribution in [0, 0.1) is 5.92 Å². The molecule has 0 N–H and O–H groups in total. The number of nitrogens with zero attached hydrogens (tertiary/aromatic N) is 2. The smallest absolute Gasteiger partial charge is 0.250 e. The average molecular weight is 320 g/mol. The lowest BCUT2D eigenvalue weighted by Gasteiger charge is -2.43. The maximum absolute atomic E-state index is 12.1. The molecule has 0 amide bonds. The SMILES string of the molecule is CC(=Cc1ccccc1)CN1C[C@@H]2C[C@H](C1)c1cccc(=O)n1C2. The third-order valence-electron chi connectivity index (χ3n) is 5.24. The van der Waals surface area contributed by atoms with Crippen molar-refractivity contribution in [3.05, 3.63) is 75.7 Å². The fourth-order valence-corrected chi connectivity index (χ4v) is 4.36. The highest BCUT2D eigenvalue weighted by atomic mass is 16.1. The van der Waals surface area contributed by atoms with E-state index in [9.17, 15) is 4.79 Å². The number of hydrogen-bond acceptors (Lipinski definition) is 2. The third kappa shape index (κ3) is 3.09. The van der Waals surface area contributed by atoms with Crippen LogP contribution in [-0.4, -0.2) is 29.1 Å². The minimum atomic E-state index is 0.163. The molecule has 3 heteroatoms. The van der Waals surface area contributed by atoms with E-state index in [1.807, 2.05) is 10.6 Å². The second-order valence-electron chi connectivity index (χ2n) is 7.29. The first-order valence-electron chi connectivity index (χ1n) is 8.83. The van der Waals surface area contributed by atoms with Gasteiger partial charge in [0, 0.05) is 43.9 Å². The molecule has 3 heterocycles. The summed E-state index contributed by atoms with van der Waals surface area (Å²) >= 11 is 0. The summed E-state index contributed by atoms with van der Waals surface area (Å²) in [6.07, 6.45) is 3.50. The molecule has 1 aromatic heterocycles. The zero-order valence-electron chi connectivity index (χ0n) is 14.2. The van der Waals surface area contributed by atoms with E-state index >= 15 is 0 Å². The van der Waals surface area contributed by atoms with Gasteiger partial charge in [0.2, 0.25) is 0 Å². The first-order valence-corrected chi connectivity index (χ1v) is 8.83. The molecule has 0 spiro atoms. The Hall–Kier alpha value is -2.13. The summed E-state index contributed by atoms with van der Waals surface area (Å²) in [7, 11) is 0. The van der Waals surface area contributed by atoms with Gasteiger partial charge < -0.3 is 4.57 Å². The van der Waals surface area contributed by atoms with Crippen LogP contribution in [-0.2, 0) is 6.54 Å². The van der Waals surface area contributed by atoms with Crippen LogP contribution in [0.3, 0.4) is 0 Å². The van der Waals surface area contributed by atoms with Crippen molar-refractivity contribution in [1.82, 2.24) is 9.47 Å².